The molecule has 0 radical (unpaired) electrons. The molecule has 1 aliphatic rings. The highest BCUT2D eigenvalue weighted by Gasteiger charge is 2.44. The molecule has 4 aromatic carbocycles. The maximum Gasteiger partial charge on any atom is 0.573 e. The van der Waals surface area contributed by atoms with Crippen molar-refractivity contribution in [2.45, 2.75) is 115 Å². The minimum Gasteiger partial charge on any atom is -0.405 e. The number of hydrogen-bond donors (Lipinski definition) is 7. The molecule has 3 aromatic heterocycles. The van der Waals surface area contributed by atoms with Gasteiger partial charge in [-0.2, -0.15) is 4.98 Å². The molecule has 7 aromatic rings. The monoisotopic (exact) mass is 1190 g/mol. The number of β-amino-alcohol motifs (C(OH)–C–C–N with tert-alkyl or cyclic N) is 1. The lowest BCUT2D eigenvalue weighted by atomic mass is 9.85. The van der Waals surface area contributed by atoms with Crippen LogP contribution >= 0.6 is 11.3 Å². The number of halogens is 3. The van der Waals surface area contributed by atoms with Gasteiger partial charge in [-0.05, 0) is 103 Å². The Hall–Kier alpha value is -8.53. The molecule has 8 N–H and O–H groups in total. The number of aryl methyl sites for hydroxylation is 2. The molecule has 3 atom stereocenters. The number of aliphatic hydroxyl groups is 1. The van der Waals surface area contributed by atoms with Crippen LogP contribution in [-0.4, -0.2) is 110 Å². The Balaban J connectivity index is 0.781. The molecule has 0 bridgehead atoms. The van der Waals surface area contributed by atoms with Gasteiger partial charge in [0.15, 0.2) is 0 Å². The molecule has 84 heavy (non-hydrogen) atoms. The molecular formula is C57H65F3N14O8S2. The summed E-state index contributed by atoms with van der Waals surface area (Å²) in [4.78, 5) is 71.2. The van der Waals surface area contributed by atoms with E-state index in [0.717, 1.165) is 40.6 Å². The van der Waals surface area contributed by atoms with Crippen molar-refractivity contribution in [3.8, 4) is 27.4 Å². The molecule has 8 rings (SSSR count). The minimum absolute atomic E-state index is 0.0406. The van der Waals surface area contributed by atoms with Gasteiger partial charge in [-0.25, -0.2) is 28.3 Å². The van der Waals surface area contributed by atoms with Crippen LogP contribution in [0.1, 0.15) is 77.0 Å². The minimum atomic E-state index is -5.03. The summed E-state index contributed by atoms with van der Waals surface area (Å²) in [6, 6.07) is 23.1. The molecule has 0 spiro atoms. The molecule has 1 unspecified atom stereocenters. The number of amides is 5. The average Bonchev–Trinajstić information content (AvgIpc) is 4.27. The lowest BCUT2D eigenvalue weighted by molar-refractivity contribution is -0.274. The van der Waals surface area contributed by atoms with Gasteiger partial charge in [0.1, 0.15) is 29.3 Å². The molecule has 0 saturated carbocycles. The van der Waals surface area contributed by atoms with Crippen LogP contribution in [0.25, 0.3) is 21.7 Å². The summed E-state index contributed by atoms with van der Waals surface area (Å²) in [6.45, 7) is 8.01. The van der Waals surface area contributed by atoms with Gasteiger partial charge in [0.2, 0.25) is 33.7 Å². The third-order valence-corrected chi connectivity index (χ3v) is 15.6. The summed E-state index contributed by atoms with van der Waals surface area (Å²) >= 11 is 1.55. The summed E-state index contributed by atoms with van der Waals surface area (Å²) in [5.74, 6) is -1.04. The van der Waals surface area contributed by atoms with Crippen molar-refractivity contribution >= 4 is 79.6 Å². The van der Waals surface area contributed by atoms with E-state index in [9.17, 15) is 45.9 Å². The Kier molecular flexibility index (Phi) is 19.6. The first-order valence-corrected chi connectivity index (χ1v) is 29.3. The Labute approximate surface area is 487 Å². The van der Waals surface area contributed by atoms with Crippen LogP contribution in [0.2, 0.25) is 0 Å². The molecule has 22 nitrogen and oxygen atoms in total. The van der Waals surface area contributed by atoms with Crippen molar-refractivity contribution < 1.29 is 50.6 Å². The fourth-order valence-corrected chi connectivity index (χ4v) is 10.7. The molecule has 27 heteroatoms. The number of aliphatic hydroxyl groups excluding tert-OH is 1. The third-order valence-electron chi connectivity index (χ3n) is 13.7. The van der Waals surface area contributed by atoms with E-state index in [1.807, 2.05) is 52.0 Å². The van der Waals surface area contributed by atoms with Crippen LogP contribution in [0.4, 0.5) is 52.5 Å². The van der Waals surface area contributed by atoms with Crippen molar-refractivity contribution in [3.05, 3.63) is 126 Å². The number of likely N-dealkylation sites (tertiary alicyclic amines) is 1. The third kappa shape index (κ3) is 16.8. The van der Waals surface area contributed by atoms with Gasteiger partial charge in [0.05, 0.1) is 33.3 Å². The van der Waals surface area contributed by atoms with Crippen LogP contribution in [-0.2, 0) is 37.5 Å². The first-order valence-electron chi connectivity index (χ1n) is 26.9. The number of carbonyl (C=O) groups is 4. The van der Waals surface area contributed by atoms with Crippen molar-refractivity contribution in [2.24, 2.45) is 10.6 Å². The Bertz CT molecular complexity index is 3560. The van der Waals surface area contributed by atoms with Crippen molar-refractivity contribution in [2.75, 3.05) is 34.4 Å². The van der Waals surface area contributed by atoms with E-state index >= 15 is 0 Å². The fourth-order valence-electron chi connectivity index (χ4n) is 9.33. The van der Waals surface area contributed by atoms with Gasteiger partial charge in [-0.1, -0.05) is 75.6 Å². The van der Waals surface area contributed by atoms with Gasteiger partial charge < -0.3 is 46.2 Å². The lowest BCUT2D eigenvalue weighted by Crippen LogP contribution is -2.57. The number of primary sulfonamides is 1. The van der Waals surface area contributed by atoms with Crippen LogP contribution in [0, 0.1) is 12.3 Å². The molecule has 0 aliphatic carbocycles. The summed E-state index contributed by atoms with van der Waals surface area (Å²) in [7, 11) is -2.17. The predicted octanol–water partition coefficient (Wildman–Crippen LogP) is 9.02. The van der Waals surface area contributed by atoms with E-state index in [-0.39, 0.29) is 59.6 Å². The van der Waals surface area contributed by atoms with E-state index in [0.29, 0.717) is 48.7 Å². The van der Waals surface area contributed by atoms with Crippen molar-refractivity contribution in [1.82, 2.24) is 45.5 Å². The molecular weight excluding hydrogens is 1130 g/mol. The standard InChI is InChI=1S/C57H65F3N14O8S2/c1-35-50(83-34-64-35)37-17-15-36(16-18-37)31-63-52(77)46-30-42(75)32-74(46)53(78)51(56(2,3)4)69-49(76)14-9-7-6-8-10-27-73-33-45(70-71-73)44-29-40(21-24-47(44)82-57(58,59)60)67-55(79)66-38-19-22-41(23-20-38)72(5)48-25-26-62-54(68-48)65-39-12-11-13-43(28-39)84(61,80)81/h11-13,15-26,28-29,33-34,42,46,51,75H,6-10,14,27,30-32H2,1-5H3,(H,63,77)(H,69,76)(H2,61,80,81)(H,62,65,68)(H2,66,67,79)/t42-,46+,51?/m1/s1. The SMILES string of the molecule is Cc1ncsc1-c1ccc(CNC(=O)[C@@H]2C[C@@H](O)CN2C(=O)C(NC(=O)CCCCCCCn2cc(-c3cc(NC(=O)Nc4ccc(N(C)c5ccnc(Nc6cccc(S(N)(=O)=O)c6)n5)cc4)ccc3OC(F)(F)F)nn2)C(C)(C)C)cc1. The summed E-state index contributed by atoms with van der Waals surface area (Å²) in [5, 5.41) is 38.2. The fraction of sp³-hybridized carbons (Fsp3) is 0.351. The van der Waals surface area contributed by atoms with Gasteiger partial charge in [0.25, 0.3) is 0 Å². The largest absolute Gasteiger partial charge is 0.573 e. The average molecular weight is 1200 g/mol. The van der Waals surface area contributed by atoms with Crippen LogP contribution in [0.15, 0.2) is 120 Å². The number of nitrogens with two attached hydrogens (primary N) is 1. The van der Waals surface area contributed by atoms with E-state index in [1.54, 1.807) is 65.2 Å². The molecule has 444 valence electrons. The number of unbranched alkanes of at least 4 members (excludes halogenated alkanes) is 4. The number of nitrogens with zero attached hydrogens (tertiary/aromatic N) is 8. The second-order valence-electron chi connectivity index (χ2n) is 21.2. The zero-order valence-electron chi connectivity index (χ0n) is 46.7. The first kappa shape index (κ1) is 61.5. The van der Waals surface area contributed by atoms with E-state index < -0.39 is 63.6 Å². The zero-order valence-corrected chi connectivity index (χ0v) is 48.3. The molecule has 5 amide bonds. The highest BCUT2D eigenvalue weighted by Crippen LogP contribution is 2.36. The smallest absolute Gasteiger partial charge is 0.405 e. The van der Waals surface area contributed by atoms with Crippen LogP contribution in [0.3, 0.4) is 0 Å². The maximum absolute atomic E-state index is 14.1. The second kappa shape index (κ2) is 26.8. The number of nitrogens with one attached hydrogen (secondary N) is 5. The number of sulfonamides is 1. The number of aromatic nitrogens is 6. The topological polar surface area (TPSA) is 294 Å². The summed E-state index contributed by atoms with van der Waals surface area (Å²) in [5.41, 5.74) is 5.52. The molecule has 4 heterocycles. The normalized spacial score (nSPS) is 14.8. The number of thiazole rings is 1. The second-order valence-corrected chi connectivity index (χ2v) is 23.6. The Morgan fingerprint density at radius 2 is 1.61 bits per heavy atom. The number of rotatable bonds is 23. The van der Waals surface area contributed by atoms with E-state index in [4.69, 9.17) is 5.14 Å². The zero-order chi connectivity index (χ0) is 60.3. The highest BCUT2D eigenvalue weighted by molar-refractivity contribution is 7.89. The first-order chi connectivity index (χ1) is 39.9. The molecule has 1 aliphatic heterocycles. The Morgan fingerprint density at radius 1 is 0.893 bits per heavy atom. The number of anilines is 6. The number of benzene rings is 4. The van der Waals surface area contributed by atoms with Gasteiger partial charge in [-0.15, -0.1) is 29.6 Å². The number of alkyl halides is 3. The number of ether oxygens (including phenoxy) is 1. The summed E-state index contributed by atoms with van der Waals surface area (Å²) < 4.78 is 70.1. The summed E-state index contributed by atoms with van der Waals surface area (Å²) in [6.07, 6.45) is 0.661. The van der Waals surface area contributed by atoms with Gasteiger partial charge in [0, 0.05) is 74.0 Å². The van der Waals surface area contributed by atoms with Crippen LogP contribution in [0.5, 0.6) is 5.75 Å². The van der Waals surface area contributed by atoms with Gasteiger partial charge >= 0.3 is 12.4 Å². The quantitative estimate of drug-likeness (QED) is 0.0294. The van der Waals surface area contributed by atoms with Crippen molar-refractivity contribution in [3.63, 3.8) is 0 Å². The van der Waals surface area contributed by atoms with E-state index in [1.165, 1.54) is 52.3 Å². The highest BCUT2D eigenvalue weighted by atomic mass is 32.2. The predicted molar refractivity (Wildman–Crippen MR) is 312 cm³/mol. The van der Waals surface area contributed by atoms with Gasteiger partial charge in [-0.3, -0.25) is 19.1 Å². The van der Waals surface area contributed by atoms with E-state index in [2.05, 4.69) is 56.6 Å². The van der Waals surface area contributed by atoms with Crippen molar-refractivity contribution in [1.29, 1.82) is 0 Å². The van der Waals surface area contributed by atoms with Crippen LogP contribution < -0.4 is 41.4 Å². The Morgan fingerprint density at radius 3 is 2.31 bits per heavy atom. The molecule has 1 saturated heterocycles. The lowest BCUT2D eigenvalue weighted by Gasteiger charge is -2.35. The number of hydrogen-bond acceptors (Lipinski definition) is 16. The number of carbonyl (C=O) groups excluding carboxylic acids is 4. The number of urea groups is 1. The maximum atomic E-state index is 14.1. The molecule has 1 fully saturated rings.